The number of hydrogen-bond acceptors (Lipinski definition) is 4. The molecule has 1 heterocycles. The van der Waals surface area contributed by atoms with Crippen molar-refractivity contribution in [3.05, 3.63) is 63.6 Å². The van der Waals surface area contributed by atoms with Gasteiger partial charge in [-0.05, 0) is 42.3 Å². The summed E-state index contributed by atoms with van der Waals surface area (Å²) in [5.41, 5.74) is 1.84. The molecule has 0 aliphatic carbocycles. The summed E-state index contributed by atoms with van der Waals surface area (Å²) in [7, 11) is 0. The molecule has 0 spiro atoms. The van der Waals surface area contributed by atoms with Gasteiger partial charge in [0.15, 0.2) is 0 Å². The van der Waals surface area contributed by atoms with Crippen molar-refractivity contribution in [1.82, 2.24) is 15.5 Å². The van der Waals surface area contributed by atoms with Gasteiger partial charge in [-0.15, -0.1) is 0 Å². The molecular formula is C21H26Cl2N4O3S. The van der Waals surface area contributed by atoms with Crippen LogP contribution in [0.3, 0.4) is 0 Å². The van der Waals surface area contributed by atoms with E-state index in [0.717, 1.165) is 38.3 Å². The highest BCUT2D eigenvalue weighted by Gasteiger charge is 2.15. The molecule has 10 heteroatoms. The second-order valence-corrected chi connectivity index (χ2v) is 8.88. The monoisotopic (exact) mass is 484 g/mol. The summed E-state index contributed by atoms with van der Waals surface area (Å²) in [6.07, 6.45) is 0.444. The Morgan fingerprint density at radius 2 is 1.87 bits per heavy atom. The number of benzene rings is 2. The molecule has 1 aliphatic heterocycles. The Morgan fingerprint density at radius 3 is 2.55 bits per heavy atom. The molecule has 0 aromatic heterocycles. The van der Waals surface area contributed by atoms with Gasteiger partial charge in [0.25, 0.3) is 17.2 Å². The van der Waals surface area contributed by atoms with E-state index in [4.69, 9.17) is 23.2 Å². The first-order chi connectivity index (χ1) is 15.0. The van der Waals surface area contributed by atoms with Gasteiger partial charge < -0.3 is 10.6 Å². The number of hydrogen-bond donors (Lipinski definition) is 3. The van der Waals surface area contributed by atoms with Crippen molar-refractivity contribution < 1.29 is 13.6 Å². The van der Waals surface area contributed by atoms with E-state index in [2.05, 4.69) is 15.5 Å². The first-order valence-electron chi connectivity index (χ1n) is 10.1. The third-order valence-corrected chi connectivity index (χ3v) is 6.77. The Hall–Kier alpha value is -1.68. The average Bonchev–Trinajstić information content (AvgIpc) is 2.77. The van der Waals surface area contributed by atoms with E-state index < -0.39 is 11.3 Å². The molecule has 3 rings (SSSR count). The SMILES string of the molecule is O=C(NCCN1CCNCC1)c1ccc(N(CCc2cccc(Cl)c2Cl)S(=O)O)cc1. The van der Waals surface area contributed by atoms with Gasteiger partial charge in [0.2, 0.25) is 0 Å². The Bertz CT molecular complexity index is 908. The average molecular weight is 485 g/mol. The van der Waals surface area contributed by atoms with Gasteiger partial charge in [0.05, 0.1) is 15.7 Å². The van der Waals surface area contributed by atoms with Crippen molar-refractivity contribution in [1.29, 1.82) is 0 Å². The highest BCUT2D eigenvalue weighted by molar-refractivity contribution is 7.80. The molecule has 1 unspecified atom stereocenters. The molecule has 0 saturated carbocycles. The fraction of sp³-hybridized carbons (Fsp3) is 0.381. The van der Waals surface area contributed by atoms with Crippen LogP contribution in [0.5, 0.6) is 0 Å². The van der Waals surface area contributed by atoms with Crippen molar-refractivity contribution in [2.45, 2.75) is 6.42 Å². The van der Waals surface area contributed by atoms with Crippen molar-refractivity contribution in [2.75, 3.05) is 50.1 Å². The summed E-state index contributed by atoms with van der Waals surface area (Å²) in [6.45, 7) is 5.57. The molecule has 1 amide bonds. The van der Waals surface area contributed by atoms with E-state index in [9.17, 15) is 13.6 Å². The van der Waals surface area contributed by atoms with Gasteiger partial charge in [-0.1, -0.05) is 35.3 Å². The fourth-order valence-electron chi connectivity index (χ4n) is 3.40. The smallest absolute Gasteiger partial charge is 0.261 e. The number of amides is 1. The van der Waals surface area contributed by atoms with Gasteiger partial charge in [0, 0.05) is 51.4 Å². The number of carbonyl (C=O) groups excluding carboxylic acids is 1. The van der Waals surface area contributed by atoms with Crippen LogP contribution in [0.25, 0.3) is 0 Å². The Kier molecular flexibility index (Phi) is 9.13. The van der Waals surface area contributed by atoms with E-state index in [-0.39, 0.29) is 12.5 Å². The number of anilines is 1. The molecule has 2 aromatic rings. The van der Waals surface area contributed by atoms with Gasteiger partial charge in [-0.2, -0.15) is 0 Å². The summed E-state index contributed by atoms with van der Waals surface area (Å²) in [4.78, 5) is 14.7. The van der Waals surface area contributed by atoms with Crippen LogP contribution in [0.2, 0.25) is 10.0 Å². The molecule has 168 valence electrons. The lowest BCUT2D eigenvalue weighted by atomic mass is 10.1. The van der Waals surface area contributed by atoms with E-state index in [1.165, 1.54) is 4.31 Å². The van der Waals surface area contributed by atoms with E-state index >= 15 is 0 Å². The van der Waals surface area contributed by atoms with Gasteiger partial charge in [-0.3, -0.25) is 18.6 Å². The third-order valence-electron chi connectivity index (χ3n) is 5.15. The highest BCUT2D eigenvalue weighted by Crippen LogP contribution is 2.26. The lowest BCUT2D eigenvalue weighted by Gasteiger charge is -2.27. The van der Waals surface area contributed by atoms with Crippen LogP contribution in [0.4, 0.5) is 5.69 Å². The third kappa shape index (κ3) is 6.90. The van der Waals surface area contributed by atoms with E-state index in [1.54, 1.807) is 36.4 Å². The summed E-state index contributed by atoms with van der Waals surface area (Å²) in [5.74, 6) is -0.163. The van der Waals surface area contributed by atoms with E-state index in [0.29, 0.717) is 34.3 Å². The van der Waals surface area contributed by atoms with Crippen LogP contribution in [-0.4, -0.2) is 65.4 Å². The molecule has 2 aromatic carbocycles. The maximum Gasteiger partial charge on any atom is 0.261 e. The van der Waals surface area contributed by atoms with Crippen LogP contribution < -0.4 is 14.9 Å². The number of halogens is 2. The Balaban J connectivity index is 1.56. The topological polar surface area (TPSA) is 84.9 Å². The fourth-order valence-corrected chi connectivity index (χ4v) is 4.37. The minimum Gasteiger partial charge on any atom is -0.351 e. The largest absolute Gasteiger partial charge is 0.351 e. The normalized spacial score (nSPS) is 15.5. The minimum absolute atomic E-state index is 0.163. The molecule has 3 N–H and O–H groups in total. The van der Waals surface area contributed by atoms with Crippen LogP contribution in [-0.2, 0) is 17.7 Å². The quantitative estimate of drug-likeness (QED) is 0.476. The summed E-state index contributed by atoms with van der Waals surface area (Å²) in [6, 6.07) is 12.0. The molecule has 0 bridgehead atoms. The van der Waals surface area contributed by atoms with Crippen LogP contribution in [0.1, 0.15) is 15.9 Å². The highest BCUT2D eigenvalue weighted by atomic mass is 35.5. The number of piperazine rings is 1. The molecule has 1 saturated heterocycles. The molecule has 1 atom stereocenters. The lowest BCUT2D eigenvalue weighted by Crippen LogP contribution is -2.46. The maximum absolute atomic E-state index is 12.4. The number of nitrogens with zero attached hydrogens (tertiary/aromatic N) is 2. The van der Waals surface area contributed by atoms with Crippen molar-refractivity contribution in [2.24, 2.45) is 0 Å². The molecular weight excluding hydrogens is 459 g/mol. The van der Waals surface area contributed by atoms with Gasteiger partial charge in [-0.25, -0.2) is 4.21 Å². The van der Waals surface area contributed by atoms with Crippen LogP contribution in [0, 0.1) is 0 Å². The number of carbonyl (C=O) groups is 1. The standard InChI is InChI=1S/C21H26Cl2N4O3S/c22-19-3-1-2-16(20(19)23)8-12-27(31(29)30)18-6-4-17(5-7-18)21(28)25-11-15-26-13-9-24-10-14-26/h1-7,24H,8-15H2,(H,25,28)(H,29,30). The van der Waals surface area contributed by atoms with E-state index in [1.807, 2.05) is 6.07 Å². The minimum atomic E-state index is -2.22. The first-order valence-corrected chi connectivity index (χ1v) is 11.9. The summed E-state index contributed by atoms with van der Waals surface area (Å²) >= 11 is 10.0. The maximum atomic E-state index is 12.4. The predicted molar refractivity (Wildman–Crippen MR) is 126 cm³/mol. The Labute approximate surface area is 195 Å². The number of rotatable bonds is 9. The molecule has 0 radical (unpaired) electrons. The molecule has 1 aliphatic rings. The zero-order chi connectivity index (χ0) is 22.2. The molecule has 7 nitrogen and oxygen atoms in total. The zero-order valence-corrected chi connectivity index (χ0v) is 19.3. The zero-order valence-electron chi connectivity index (χ0n) is 17.0. The second-order valence-electron chi connectivity index (χ2n) is 7.19. The summed E-state index contributed by atoms with van der Waals surface area (Å²) in [5, 5.41) is 7.12. The summed E-state index contributed by atoms with van der Waals surface area (Å²) < 4.78 is 22.9. The van der Waals surface area contributed by atoms with Crippen LogP contribution in [0.15, 0.2) is 42.5 Å². The van der Waals surface area contributed by atoms with Gasteiger partial charge in [0.1, 0.15) is 0 Å². The van der Waals surface area contributed by atoms with Crippen LogP contribution >= 0.6 is 23.2 Å². The van der Waals surface area contributed by atoms with Crippen molar-refractivity contribution in [3.8, 4) is 0 Å². The molecule has 31 heavy (non-hydrogen) atoms. The van der Waals surface area contributed by atoms with Crippen molar-refractivity contribution >= 4 is 46.1 Å². The predicted octanol–water partition coefficient (Wildman–Crippen LogP) is 2.81. The number of nitrogens with one attached hydrogen (secondary N) is 2. The first kappa shape index (κ1) is 24.0. The lowest BCUT2D eigenvalue weighted by molar-refractivity contribution is 0.0947. The second kappa shape index (κ2) is 11.8. The Morgan fingerprint density at radius 1 is 1.16 bits per heavy atom. The van der Waals surface area contributed by atoms with Gasteiger partial charge >= 0.3 is 0 Å². The molecule has 1 fully saturated rings. The van der Waals surface area contributed by atoms with Crippen molar-refractivity contribution in [3.63, 3.8) is 0 Å².